The first kappa shape index (κ1) is 11.7. The molecule has 19 heavy (non-hydrogen) atoms. The Morgan fingerprint density at radius 3 is 2.16 bits per heavy atom. The van der Waals surface area contributed by atoms with Gasteiger partial charge in [0.2, 0.25) is 0 Å². The van der Waals surface area contributed by atoms with Gasteiger partial charge in [0.15, 0.2) is 0 Å². The van der Waals surface area contributed by atoms with E-state index in [1.807, 2.05) is 67.6 Å². The molecule has 2 aromatic rings. The molecule has 1 atom stereocenters. The highest BCUT2D eigenvalue weighted by Gasteiger charge is 2.33. The topological polar surface area (TPSA) is 32.7 Å². The van der Waals surface area contributed by atoms with Gasteiger partial charge in [-0.05, 0) is 24.6 Å². The minimum Gasteiger partial charge on any atom is -0.272 e. The molecule has 1 aliphatic rings. The van der Waals surface area contributed by atoms with E-state index >= 15 is 0 Å². The Kier molecular flexibility index (Phi) is 2.88. The fraction of sp³-hybridized carbons (Fsp3) is 0.125. The second kappa shape index (κ2) is 4.69. The maximum Gasteiger partial charge on any atom is 0.256 e. The second-order valence-corrected chi connectivity index (χ2v) is 4.56. The minimum atomic E-state index is -0.206. The highest BCUT2D eigenvalue weighted by atomic mass is 16.2. The van der Waals surface area contributed by atoms with Crippen LogP contribution in [0.25, 0.3) is 0 Å². The molecule has 1 amide bonds. The van der Waals surface area contributed by atoms with Gasteiger partial charge in [-0.2, -0.15) is 10.1 Å². The number of anilines is 1. The molecule has 0 radical (unpaired) electrons. The van der Waals surface area contributed by atoms with E-state index < -0.39 is 0 Å². The summed E-state index contributed by atoms with van der Waals surface area (Å²) < 4.78 is 0. The van der Waals surface area contributed by atoms with Crippen molar-refractivity contribution in [1.29, 1.82) is 0 Å². The molecule has 3 nitrogen and oxygen atoms in total. The Bertz CT molecular complexity index is 620. The van der Waals surface area contributed by atoms with E-state index in [4.69, 9.17) is 0 Å². The zero-order valence-corrected chi connectivity index (χ0v) is 10.7. The van der Waals surface area contributed by atoms with Crippen molar-refractivity contribution in [1.82, 2.24) is 0 Å². The summed E-state index contributed by atoms with van der Waals surface area (Å²) in [6.07, 6.45) is 0. The summed E-state index contributed by atoms with van der Waals surface area (Å²) in [5.74, 6) is -0.187. The Balaban J connectivity index is 2.01. The third-order valence-electron chi connectivity index (χ3n) is 3.27. The molecule has 94 valence electrons. The molecular formula is C16H14N2O. The number of carbonyl (C=O) groups excluding carboxylic acids is 1. The lowest BCUT2D eigenvalue weighted by atomic mass is 9.99. The highest BCUT2D eigenvalue weighted by Crippen LogP contribution is 2.25. The number of nitrogens with zero attached hydrogens (tertiary/aromatic N) is 2. The van der Waals surface area contributed by atoms with Crippen molar-refractivity contribution in [2.75, 3.05) is 5.01 Å². The van der Waals surface area contributed by atoms with Crippen molar-refractivity contribution in [3.8, 4) is 0 Å². The van der Waals surface area contributed by atoms with E-state index in [2.05, 4.69) is 5.10 Å². The third kappa shape index (κ3) is 2.03. The van der Waals surface area contributed by atoms with Crippen molar-refractivity contribution in [2.45, 2.75) is 6.92 Å². The van der Waals surface area contributed by atoms with Gasteiger partial charge in [-0.3, -0.25) is 4.79 Å². The third-order valence-corrected chi connectivity index (χ3v) is 3.27. The molecule has 2 aromatic carbocycles. The van der Waals surface area contributed by atoms with Crippen LogP contribution in [0.1, 0.15) is 12.5 Å². The molecule has 0 aliphatic carbocycles. The van der Waals surface area contributed by atoms with Gasteiger partial charge in [0.1, 0.15) is 0 Å². The van der Waals surface area contributed by atoms with E-state index in [1.165, 1.54) is 5.01 Å². The van der Waals surface area contributed by atoms with Crippen LogP contribution >= 0.6 is 0 Å². The fourth-order valence-corrected chi connectivity index (χ4v) is 2.21. The van der Waals surface area contributed by atoms with Crippen LogP contribution in [0.4, 0.5) is 5.69 Å². The summed E-state index contributed by atoms with van der Waals surface area (Å²) >= 11 is 0. The number of benzene rings is 2. The minimum absolute atomic E-state index is 0.0186. The average molecular weight is 250 g/mol. The van der Waals surface area contributed by atoms with Crippen molar-refractivity contribution in [3.05, 3.63) is 66.2 Å². The van der Waals surface area contributed by atoms with Gasteiger partial charge in [-0.1, -0.05) is 48.5 Å². The zero-order valence-electron chi connectivity index (χ0n) is 10.7. The predicted octanol–water partition coefficient (Wildman–Crippen LogP) is 3.07. The van der Waals surface area contributed by atoms with Crippen LogP contribution in [-0.2, 0) is 4.79 Å². The molecule has 1 heterocycles. The van der Waals surface area contributed by atoms with Crippen LogP contribution in [-0.4, -0.2) is 11.6 Å². The number of hydrazone groups is 1. The van der Waals surface area contributed by atoms with Crippen LogP contribution in [0.2, 0.25) is 0 Å². The SMILES string of the molecule is CC1C(=O)N(c2ccccc2)N=C1c1ccccc1. The van der Waals surface area contributed by atoms with Crippen LogP contribution in [0.15, 0.2) is 65.8 Å². The Morgan fingerprint density at radius 1 is 0.947 bits per heavy atom. The monoisotopic (exact) mass is 250 g/mol. The van der Waals surface area contributed by atoms with Crippen molar-refractivity contribution < 1.29 is 4.79 Å². The first-order valence-corrected chi connectivity index (χ1v) is 6.30. The molecule has 0 saturated carbocycles. The van der Waals surface area contributed by atoms with Gasteiger partial charge in [-0.25, -0.2) is 0 Å². The van der Waals surface area contributed by atoms with Gasteiger partial charge in [-0.15, -0.1) is 0 Å². The summed E-state index contributed by atoms with van der Waals surface area (Å²) in [5.41, 5.74) is 2.64. The van der Waals surface area contributed by atoms with E-state index in [1.54, 1.807) is 0 Å². The first-order chi connectivity index (χ1) is 9.27. The van der Waals surface area contributed by atoms with E-state index in [9.17, 15) is 4.79 Å². The largest absolute Gasteiger partial charge is 0.272 e. The fourth-order valence-electron chi connectivity index (χ4n) is 2.21. The summed E-state index contributed by atoms with van der Waals surface area (Å²) in [6, 6.07) is 19.4. The average Bonchev–Trinajstić information content (AvgIpc) is 2.77. The maximum absolute atomic E-state index is 12.3. The zero-order chi connectivity index (χ0) is 13.2. The standard InChI is InChI=1S/C16H14N2O/c1-12-15(13-8-4-2-5-9-13)17-18(16(12)19)14-10-6-3-7-11-14/h2-12H,1H3. The molecule has 0 bridgehead atoms. The molecule has 3 rings (SSSR count). The molecule has 3 heteroatoms. The lowest BCUT2D eigenvalue weighted by Crippen LogP contribution is -2.25. The number of hydrogen-bond donors (Lipinski definition) is 0. The smallest absolute Gasteiger partial charge is 0.256 e. The van der Waals surface area contributed by atoms with Crippen molar-refractivity contribution in [3.63, 3.8) is 0 Å². The number of rotatable bonds is 2. The van der Waals surface area contributed by atoms with Gasteiger partial charge >= 0.3 is 0 Å². The lowest BCUT2D eigenvalue weighted by Gasteiger charge is -2.11. The summed E-state index contributed by atoms with van der Waals surface area (Å²) in [5, 5.41) is 5.98. The van der Waals surface area contributed by atoms with Crippen LogP contribution in [0, 0.1) is 5.92 Å². The molecule has 0 N–H and O–H groups in total. The molecule has 0 fully saturated rings. The Labute approximate surface area is 112 Å². The molecule has 1 unspecified atom stereocenters. The Morgan fingerprint density at radius 2 is 1.53 bits per heavy atom. The molecule has 0 saturated heterocycles. The summed E-state index contributed by atoms with van der Waals surface area (Å²) in [7, 11) is 0. The van der Waals surface area contributed by atoms with Crippen molar-refractivity contribution in [2.24, 2.45) is 11.0 Å². The van der Waals surface area contributed by atoms with Gasteiger partial charge in [0.25, 0.3) is 5.91 Å². The molecular weight excluding hydrogens is 236 g/mol. The van der Waals surface area contributed by atoms with E-state index in [0.29, 0.717) is 0 Å². The van der Waals surface area contributed by atoms with Crippen LogP contribution in [0.5, 0.6) is 0 Å². The predicted molar refractivity (Wildman–Crippen MR) is 76.1 cm³/mol. The van der Waals surface area contributed by atoms with Crippen molar-refractivity contribution >= 4 is 17.3 Å². The normalized spacial score (nSPS) is 18.6. The molecule has 1 aliphatic heterocycles. The Hall–Kier alpha value is -2.42. The quantitative estimate of drug-likeness (QED) is 0.806. The summed E-state index contributed by atoms with van der Waals surface area (Å²) in [4.78, 5) is 12.3. The number of para-hydroxylation sites is 1. The molecule has 0 spiro atoms. The van der Waals surface area contributed by atoms with Gasteiger partial charge in [0, 0.05) is 0 Å². The number of amides is 1. The van der Waals surface area contributed by atoms with E-state index in [-0.39, 0.29) is 11.8 Å². The van der Waals surface area contributed by atoms with Crippen LogP contribution in [0.3, 0.4) is 0 Å². The van der Waals surface area contributed by atoms with Gasteiger partial charge in [0.05, 0.1) is 17.3 Å². The first-order valence-electron chi connectivity index (χ1n) is 6.30. The lowest BCUT2D eigenvalue weighted by molar-refractivity contribution is -0.119. The second-order valence-electron chi connectivity index (χ2n) is 4.56. The number of carbonyl (C=O) groups is 1. The highest BCUT2D eigenvalue weighted by molar-refractivity contribution is 6.21. The van der Waals surface area contributed by atoms with E-state index in [0.717, 1.165) is 17.0 Å². The van der Waals surface area contributed by atoms with Gasteiger partial charge < -0.3 is 0 Å². The number of hydrogen-bond acceptors (Lipinski definition) is 2. The summed E-state index contributed by atoms with van der Waals surface area (Å²) in [6.45, 7) is 1.90. The molecule has 0 aromatic heterocycles. The maximum atomic E-state index is 12.3. The van der Waals surface area contributed by atoms with Crippen LogP contribution < -0.4 is 5.01 Å².